The Labute approximate surface area is 175 Å². The Morgan fingerprint density at radius 2 is 1.86 bits per heavy atom. The first kappa shape index (κ1) is 20.7. The Balaban J connectivity index is 2.03. The van der Waals surface area contributed by atoms with Crippen molar-refractivity contribution in [3.8, 4) is 5.75 Å². The zero-order valence-corrected chi connectivity index (χ0v) is 17.3. The van der Waals surface area contributed by atoms with Gasteiger partial charge in [0.2, 0.25) is 0 Å². The van der Waals surface area contributed by atoms with E-state index < -0.39 is 5.91 Å². The fourth-order valence-corrected chi connectivity index (χ4v) is 3.23. The average molecular weight is 411 g/mol. The van der Waals surface area contributed by atoms with Crippen LogP contribution in [0.5, 0.6) is 5.75 Å². The van der Waals surface area contributed by atoms with E-state index in [1.807, 2.05) is 19.9 Å². The summed E-state index contributed by atoms with van der Waals surface area (Å²) in [4.78, 5) is 27.2. The molecule has 1 heterocycles. The molecule has 0 radical (unpaired) electrons. The molecule has 0 fully saturated rings. The summed E-state index contributed by atoms with van der Waals surface area (Å²) >= 11 is 6.11. The van der Waals surface area contributed by atoms with E-state index in [1.54, 1.807) is 36.4 Å². The highest BCUT2D eigenvalue weighted by Gasteiger charge is 2.38. The van der Waals surface area contributed by atoms with E-state index in [4.69, 9.17) is 16.3 Å². The predicted molar refractivity (Wildman–Crippen MR) is 116 cm³/mol. The minimum Gasteiger partial charge on any atom is -0.494 e. The largest absolute Gasteiger partial charge is 0.494 e. The molecule has 2 aromatic carbocycles. The van der Waals surface area contributed by atoms with Gasteiger partial charge < -0.3 is 10.1 Å². The van der Waals surface area contributed by atoms with Crippen molar-refractivity contribution in [3.05, 3.63) is 77.0 Å². The first-order valence-electron chi connectivity index (χ1n) is 9.44. The molecule has 0 unspecified atom stereocenters. The van der Waals surface area contributed by atoms with E-state index >= 15 is 0 Å². The molecule has 0 spiro atoms. The smallest absolute Gasteiger partial charge is 0.278 e. The van der Waals surface area contributed by atoms with E-state index in [2.05, 4.69) is 11.9 Å². The molecule has 29 heavy (non-hydrogen) atoms. The zero-order valence-electron chi connectivity index (χ0n) is 16.5. The van der Waals surface area contributed by atoms with Crippen molar-refractivity contribution in [3.63, 3.8) is 0 Å². The van der Waals surface area contributed by atoms with Crippen LogP contribution in [-0.4, -0.2) is 29.9 Å². The number of nitrogens with zero attached hydrogens (tertiary/aromatic N) is 1. The van der Waals surface area contributed by atoms with Gasteiger partial charge in [-0.3, -0.25) is 14.5 Å². The van der Waals surface area contributed by atoms with Crippen molar-refractivity contribution < 1.29 is 14.3 Å². The molecule has 0 saturated heterocycles. The van der Waals surface area contributed by atoms with E-state index in [0.29, 0.717) is 28.5 Å². The number of imide groups is 1. The second-order valence-electron chi connectivity index (χ2n) is 6.72. The normalized spacial score (nSPS) is 13.8. The molecule has 3 rings (SSSR count). The van der Waals surface area contributed by atoms with Gasteiger partial charge in [0.1, 0.15) is 11.4 Å². The number of aryl methyl sites for hydroxylation is 1. The van der Waals surface area contributed by atoms with Gasteiger partial charge >= 0.3 is 0 Å². The highest BCUT2D eigenvalue weighted by atomic mass is 35.5. The van der Waals surface area contributed by atoms with Crippen molar-refractivity contribution in [1.29, 1.82) is 0 Å². The third kappa shape index (κ3) is 4.35. The summed E-state index contributed by atoms with van der Waals surface area (Å²) in [6, 6.07) is 12.5. The monoisotopic (exact) mass is 410 g/mol. The molecule has 6 heteroatoms. The molecule has 5 nitrogen and oxygen atoms in total. The summed E-state index contributed by atoms with van der Waals surface area (Å²) in [6.45, 7) is 8.34. The van der Waals surface area contributed by atoms with Crippen molar-refractivity contribution in [2.75, 3.05) is 18.5 Å². The van der Waals surface area contributed by atoms with Crippen LogP contribution in [0.3, 0.4) is 0 Å². The number of ether oxygens (including phenoxy) is 1. The van der Waals surface area contributed by atoms with Crippen LogP contribution in [0.15, 0.2) is 60.8 Å². The number of halogens is 1. The van der Waals surface area contributed by atoms with Gasteiger partial charge in [0.25, 0.3) is 11.8 Å². The minimum absolute atomic E-state index is 0.137. The molecule has 2 amide bonds. The summed E-state index contributed by atoms with van der Waals surface area (Å²) < 4.78 is 5.61. The molecule has 150 valence electrons. The third-order valence-corrected chi connectivity index (χ3v) is 4.79. The molecular weight excluding hydrogens is 388 g/mol. The molecule has 0 saturated carbocycles. The van der Waals surface area contributed by atoms with E-state index in [-0.39, 0.29) is 18.1 Å². The predicted octanol–water partition coefficient (Wildman–Crippen LogP) is 4.82. The average Bonchev–Trinajstić information content (AvgIpc) is 2.94. The summed E-state index contributed by atoms with van der Waals surface area (Å²) in [7, 11) is 0. The molecule has 0 aliphatic carbocycles. The van der Waals surface area contributed by atoms with Crippen molar-refractivity contribution in [2.24, 2.45) is 0 Å². The van der Waals surface area contributed by atoms with Gasteiger partial charge in [-0.1, -0.05) is 42.8 Å². The maximum Gasteiger partial charge on any atom is 0.278 e. The van der Waals surface area contributed by atoms with Crippen molar-refractivity contribution >= 4 is 34.7 Å². The number of anilines is 1. The Morgan fingerprint density at radius 1 is 1.14 bits per heavy atom. The van der Waals surface area contributed by atoms with E-state index in [9.17, 15) is 9.59 Å². The topological polar surface area (TPSA) is 58.6 Å². The molecule has 0 bridgehead atoms. The number of nitrogens with one attached hydrogen (secondary N) is 1. The standard InChI is InChI=1S/C23H23ClN2O3/c1-4-12-26-22(27)20(16-7-10-18(11-8-16)29-13-5-2)21(23(26)28)25-19-14-17(24)9-6-15(19)3/h4,6-11,14,25H,1,5,12-13H2,2-3H3. The second-order valence-corrected chi connectivity index (χ2v) is 7.15. The number of carbonyl (C=O) groups is 2. The molecule has 0 aromatic heterocycles. The number of benzene rings is 2. The van der Waals surface area contributed by atoms with Crippen LogP contribution in [-0.2, 0) is 9.59 Å². The van der Waals surface area contributed by atoms with Gasteiger partial charge in [-0.15, -0.1) is 6.58 Å². The van der Waals surface area contributed by atoms with Gasteiger partial charge in [-0.25, -0.2) is 0 Å². The first-order valence-corrected chi connectivity index (χ1v) is 9.81. The number of carbonyl (C=O) groups excluding carboxylic acids is 2. The number of rotatable bonds is 8. The van der Waals surface area contributed by atoms with Crippen LogP contribution in [0, 0.1) is 6.92 Å². The second kappa shape index (κ2) is 8.97. The van der Waals surface area contributed by atoms with Crippen molar-refractivity contribution in [2.45, 2.75) is 20.3 Å². The van der Waals surface area contributed by atoms with Crippen molar-refractivity contribution in [1.82, 2.24) is 4.90 Å². The fourth-order valence-electron chi connectivity index (χ4n) is 3.06. The van der Waals surface area contributed by atoms with Gasteiger partial charge in [-0.2, -0.15) is 0 Å². The van der Waals surface area contributed by atoms with Crippen LogP contribution in [0.1, 0.15) is 24.5 Å². The van der Waals surface area contributed by atoms with Crippen LogP contribution >= 0.6 is 11.6 Å². The lowest BCUT2D eigenvalue weighted by molar-refractivity contribution is -0.136. The molecule has 1 N–H and O–H groups in total. The fraction of sp³-hybridized carbons (Fsp3) is 0.217. The van der Waals surface area contributed by atoms with Crippen LogP contribution < -0.4 is 10.1 Å². The summed E-state index contributed by atoms with van der Waals surface area (Å²) in [5.74, 6) is -0.0361. The lowest BCUT2D eigenvalue weighted by atomic mass is 10.0. The molecular formula is C23H23ClN2O3. The van der Waals surface area contributed by atoms with Gasteiger partial charge in [-0.05, 0) is 48.7 Å². The summed E-state index contributed by atoms with van der Waals surface area (Å²) in [6.07, 6.45) is 2.44. The van der Waals surface area contributed by atoms with Crippen LogP contribution in [0.2, 0.25) is 5.02 Å². The Bertz CT molecular complexity index is 980. The van der Waals surface area contributed by atoms with E-state index in [1.165, 1.54) is 11.0 Å². The first-order chi connectivity index (χ1) is 14.0. The van der Waals surface area contributed by atoms with Crippen LogP contribution in [0.25, 0.3) is 5.57 Å². The third-order valence-electron chi connectivity index (χ3n) is 4.55. The lowest BCUT2D eigenvalue weighted by Gasteiger charge is -2.13. The Morgan fingerprint density at radius 3 is 2.52 bits per heavy atom. The quantitative estimate of drug-likeness (QED) is 0.501. The molecule has 1 aliphatic rings. The molecule has 1 aliphatic heterocycles. The summed E-state index contributed by atoms with van der Waals surface area (Å²) in [5.41, 5.74) is 2.77. The van der Waals surface area contributed by atoms with E-state index in [0.717, 1.165) is 17.7 Å². The van der Waals surface area contributed by atoms with Gasteiger partial charge in [0, 0.05) is 17.3 Å². The van der Waals surface area contributed by atoms with Gasteiger partial charge in [0.05, 0.1) is 12.2 Å². The number of amides is 2. The SMILES string of the molecule is C=CCN1C(=O)C(Nc2cc(Cl)ccc2C)=C(c2ccc(OCCC)cc2)C1=O. The minimum atomic E-state index is -0.393. The Hall–Kier alpha value is -3.05. The maximum absolute atomic E-state index is 13.0. The van der Waals surface area contributed by atoms with Gasteiger partial charge in [0.15, 0.2) is 0 Å². The maximum atomic E-state index is 13.0. The molecule has 2 aromatic rings. The molecule has 0 atom stereocenters. The highest BCUT2D eigenvalue weighted by molar-refractivity contribution is 6.36. The number of hydrogen-bond donors (Lipinski definition) is 1. The zero-order chi connectivity index (χ0) is 21.0. The van der Waals surface area contributed by atoms with Crippen LogP contribution in [0.4, 0.5) is 5.69 Å². The summed E-state index contributed by atoms with van der Waals surface area (Å²) in [5, 5.41) is 3.67. The highest BCUT2D eigenvalue weighted by Crippen LogP contribution is 2.32. The lowest BCUT2D eigenvalue weighted by Crippen LogP contribution is -2.32. The Kier molecular flexibility index (Phi) is 6.39. The number of hydrogen-bond acceptors (Lipinski definition) is 4.